The van der Waals surface area contributed by atoms with E-state index in [4.69, 9.17) is 23.1 Å². The first-order valence-corrected chi connectivity index (χ1v) is 9.30. The Morgan fingerprint density at radius 2 is 1.81 bits per heavy atom. The largest absolute Gasteiger partial charge is 0.368 e. The molecule has 0 unspecified atom stereocenters. The number of fused-ring (bicyclic) bond motifs is 1. The van der Waals surface area contributed by atoms with Crippen LogP contribution in [0.4, 0.5) is 0 Å². The highest BCUT2D eigenvalue weighted by Crippen LogP contribution is 2.41. The molecule has 1 amide bonds. The van der Waals surface area contributed by atoms with Gasteiger partial charge >= 0.3 is 0 Å². The van der Waals surface area contributed by atoms with Gasteiger partial charge in [-0.2, -0.15) is 0 Å². The molecule has 3 aromatic rings. The van der Waals surface area contributed by atoms with Crippen molar-refractivity contribution in [2.45, 2.75) is 37.1 Å². The average molecular weight is 368 g/mol. The molecule has 134 valence electrons. The topological polar surface area (TPSA) is 84.9 Å². The summed E-state index contributed by atoms with van der Waals surface area (Å²) in [4.78, 5) is 15.2. The van der Waals surface area contributed by atoms with E-state index in [0.717, 1.165) is 40.0 Å². The van der Waals surface area contributed by atoms with Gasteiger partial charge < -0.3 is 16.5 Å². The highest BCUT2D eigenvalue weighted by molar-refractivity contribution is 6.31. The zero-order chi connectivity index (χ0) is 18.3. The van der Waals surface area contributed by atoms with Crippen LogP contribution in [0, 0.1) is 0 Å². The first kappa shape index (κ1) is 17.1. The van der Waals surface area contributed by atoms with Crippen molar-refractivity contribution in [1.82, 2.24) is 4.98 Å². The second-order valence-corrected chi connectivity index (χ2v) is 7.74. The molecular weight excluding hydrogens is 346 g/mol. The molecule has 1 fully saturated rings. The fraction of sp³-hybridized carbons (Fsp3) is 0.286. The van der Waals surface area contributed by atoms with Crippen LogP contribution in [0.2, 0.25) is 5.02 Å². The van der Waals surface area contributed by atoms with Crippen LogP contribution in [-0.2, 0) is 4.79 Å². The Kier molecular flexibility index (Phi) is 4.25. The summed E-state index contributed by atoms with van der Waals surface area (Å²) in [6.07, 6.45) is 2.86. The molecule has 2 aromatic carbocycles. The summed E-state index contributed by atoms with van der Waals surface area (Å²) >= 11 is 6.39. The van der Waals surface area contributed by atoms with Gasteiger partial charge in [-0.1, -0.05) is 41.9 Å². The molecule has 4 rings (SSSR count). The smallest absolute Gasteiger partial charge is 0.237 e. The van der Waals surface area contributed by atoms with Crippen LogP contribution in [0.1, 0.15) is 37.2 Å². The lowest BCUT2D eigenvalue weighted by Gasteiger charge is -2.35. The number of rotatable bonds is 3. The monoisotopic (exact) mass is 367 g/mol. The van der Waals surface area contributed by atoms with Crippen LogP contribution in [0.5, 0.6) is 0 Å². The second-order valence-electron chi connectivity index (χ2n) is 7.30. The maximum atomic E-state index is 11.6. The summed E-state index contributed by atoms with van der Waals surface area (Å²) in [7, 11) is 0. The number of carbonyl (C=O) groups is 1. The van der Waals surface area contributed by atoms with Crippen LogP contribution in [0.15, 0.2) is 48.5 Å². The number of halogens is 1. The number of aromatic amines is 1. The molecule has 1 heterocycles. The predicted molar refractivity (Wildman–Crippen MR) is 106 cm³/mol. The maximum absolute atomic E-state index is 11.6. The van der Waals surface area contributed by atoms with E-state index in [1.807, 2.05) is 30.3 Å². The van der Waals surface area contributed by atoms with E-state index in [0.29, 0.717) is 18.8 Å². The molecule has 0 aliphatic heterocycles. The van der Waals surface area contributed by atoms with Crippen molar-refractivity contribution < 1.29 is 4.79 Å². The van der Waals surface area contributed by atoms with Gasteiger partial charge in [-0.3, -0.25) is 4.79 Å². The van der Waals surface area contributed by atoms with E-state index in [9.17, 15) is 4.79 Å². The molecule has 1 aromatic heterocycles. The molecule has 1 aliphatic carbocycles. The number of hydrogen-bond donors (Lipinski definition) is 3. The van der Waals surface area contributed by atoms with E-state index in [1.54, 1.807) is 0 Å². The van der Waals surface area contributed by atoms with Gasteiger partial charge in [0.2, 0.25) is 5.91 Å². The third-order valence-corrected chi connectivity index (χ3v) is 5.84. The third kappa shape index (κ3) is 3.00. The normalized spacial score (nSPS) is 23.2. The van der Waals surface area contributed by atoms with Crippen molar-refractivity contribution in [1.29, 1.82) is 0 Å². The van der Waals surface area contributed by atoms with Crippen LogP contribution in [0.25, 0.3) is 22.2 Å². The number of aromatic nitrogens is 1. The van der Waals surface area contributed by atoms with E-state index < -0.39 is 11.4 Å². The SMILES string of the molecule is NC(=O)C1(N)CCC(c2cc(Cl)cc3cc(-c4ccccc4)[nH]c23)CC1. The number of amides is 1. The predicted octanol–water partition coefficient (Wildman–Crippen LogP) is 4.33. The highest BCUT2D eigenvalue weighted by atomic mass is 35.5. The summed E-state index contributed by atoms with van der Waals surface area (Å²) in [6.45, 7) is 0. The number of primary amides is 1. The summed E-state index contributed by atoms with van der Waals surface area (Å²) in [5.41, 5.74) is 15.3. The van der Waals surface area contributed by atoms with Gasteiger partial charge in [0.1, 0.15) is 0 Å². The first-order valence-electron chi connectivity index (χ1n) is 8.93. The number of carbonyl (C=O) groups excluding carboxylic acids is 1. The van der Waals surface area contributed by atoms with Crippen LogP contribution in [0.3, 0.4) is 0 Å². The van der Waals surface area contributed by atoms with Gasteiger partial charge in [0.05, 0.1) is 5.54 Å². The number of hydrogen-bond acceptors (Lipinski definition) is 2. The molecule has 26 heavy (non-hydrogen) atoms. The molecule has 0 bridgehead atoms. The van der Waals surface area contributed by atoms with E-state index in [2.05, 4.69) is 23.2 Å². The van der Waals surface area contributed by atoms with Crippen molar-refractivity contribution in [2.24, 2.45) is 11.5 Å². The summed E-state index contributed by atoms with van der Waals surface area (Å²) in [5.74, 6) is -0.0899. The molecule has 5 N–H and O–H groups in total. The zero-order valence-corrected chi connectivity index (χ0v) is 15.2. The Hall–Kier alpha value is -2.30. The minimum absolute atomic E-state index is 0.314. The average Bonchev–Trinajstić information content (AvgIpc) is 3.06. The van der Waals surface area contributed by atoms with Crippen molar-refractivity contribution >= 4 is 28.4 Å². The Bertz CT molecular complexity index is 956. The van der Waals surface area contributed by atoms with Gasteiger partial charge in [-0.25, -0.2) is 0 Å². The molecular formula is C21H22ClN3O. The Balaban J connectivity index is 1.72. The second kappa shape index (κ2) is 6.45. The van der Waals surface area contributed by atoms with E-state index in [-0.39, 0.29) is 0 Å². The number of benzene rings is 2. The zero-order valence-electron chi connectivity index (χ0n) is 14.5. The molecule has 0 radical (unpaired) electrons. The Labute approximate surface area is 157 Å². The molecule has 0 spiro atoms. The van der Waals surface area contributed by atoms with Crippen LogP contribution in [-0.4, -0.2) is 16.4 Å². The lowest BCUT2D eigenvalue weighted by molar-refractivity contribution is -0.124. The lowest BCUT2D eigenvalue weighted by atomic mass is 9.74. The maximum Gasteiger partial charge on any atom is 0.237 e. The number of nitrogens with one attached hydrogen (secondary N) is 1. The molecule has 1 saturated carbocycles. The number of H-pyrrole nitrogens is 1. The minimum atomic E-state index is -0.876. The highest BCUT2D eigenvalue weighted by Gasteiger charge is 2.37. The van der Waals surface area contributed by atoms with Crippen molar-refractivity contribution in [3.63, 3.8) is 0 Å². The minimum Gasteiger partial charge on any atom is -0.368 e. The van der Waals surface area contributed by atoms with Gasteiger partial charge in [0.25, 0.3) is 0 Å². The molecule has 0 saturated heterocycles. The van der Waals surface area contributed by atoms with Crippen LogP contribution >= 0.6 is 11.6 Å². The first-order chi connectivity index (χ1) is 12.5. The standard InChI is InChI=1S/C21H22ClN3O/c22-16-10-15-11-18(14-4-2-1-3-5-14)25-19(15)17(12-16)13-6-8-21(24,9-7-13)20(23)26/h1-5,10-13,25H,6-9,24H2,(H2,23,26). The van der Waals surface area contributed by atoms with Gasteiger partial charge in [-0.15, -0.1) is 0 Å². The fourth-order valence-electron chi connectivity index (χ4n) is 4.02. The Morgan fingerprint density at radius 1 is 1.12 bits per heavy atom. The van der Waals surface area contributed by atoms with Gasteiger partial charge in [0, 0.05) is 21.6 Å². The quantitative estimate of drug-likeness (QED) is 0.643. The molecule has 4 nitrogen and oxygen atoms in total. The molecule has 5 heteroatoms. The fourth-order valence-corrected chi connectivity index (χ4v) is 4.25. The van der Waals surface area contributed by atoms with E-state index >= 15 is 0 Å². The summed E-state index contributed by atoms with van der Waals surface area (Å²) in [5, 5.41) is 1.83. The Morgan fingerprint density at radius 3 is 2.46 bits per heavy atom. The summed E-state index contributed by atoms with van der Waals surface area (Å²) in [6, 6.07) is 16.4. The summed E-state index contributed by atoms with van der Waals surface area (Å²) < 4.78 is 0. The van der Waals surface area contributed by atoms with Crippen molar-refractivity contribution in [3.8, 4) is 11.3 Å². The molecule has 0 atom stereocenters. The van der Waals surface area contributed by atoms with Crippen molar-refractivity contribution in [3.05, 3.63) is 59.1 Å². The lowest BCUT2D eigenvalue weighted by Crippen LogP contribution is -2.53. The van der Waals surface area contributed by atoms with Gasteiger partial charge in [-0.05, 0) is 60.9 Å². The van der Waals surface area contributed by atoms with Crippen LogP contribution < -0.4 is 11.5 Å². The third-order valence-electron chi connectivity index (χ3n) is 5.62. The van der Waals surface area contributed by atoms with Gasteiger partial charge in [0.15, 0.2) is 0 Å². The molecule has 1 aliphatic rings. The number of nitrogens with two attached hydrogens (primary N) is 2. The van der Waals surface area contributed by atoms with E-state index in [1.165, 1.54) is 5.56 Å². The van der Waals surface area contributed by atoms with Crippen molar-refractivity contribution in [2.75, 3.05) is 0 Å².